The Morgan fingerprint density at radius 2 is 1.77 bits per heavy atom. The van der Waals surface area contributed by atoms with Gasteiger partial charge in [-0.3, -0.25) is 9.78 Å². The van der Waals surface area contributed by atoms with E-state index in [1.165, 1.54) is 6.07 Å². The third-order valence-corrected chi connectivity index (χ3v) is 8.72. The number of hydrogen-bond acceptors (Lipinski definition) is 9. The van der Waals surface area contributed by atoms with Crippen LogP contribution in [-0.2, 0) is 19.9 Å². The number of rotatable bonds is 9. The maximum absolute atomic E-state index is 13.1. The molecule has 39 heavy (non-hydrogen) atoms. The molecule has 0 amide bonds. The van der Waals surface area contributed by atoms with Crippen LogP contribution in [0.4, 0.5) is 8.78 Å². The first kappa shape index (κ1) is 28.9. The Bertz CT molecular complexity index is 1780. The van der Waals surface area contributed by atoms with E-state index < -0.39 is 65.2 Å². The van der Waals surface area contributed by atoms with E-state index in [4.69, 9.17) is 27.9 Å². The summed E-state index contributed by atoms with van der Waals surface area (Å²) in [7, 11) is -7.90. The second-order valence-corrected chi connectivity index (χ2v) is 13.4. The van der Waals surface area contributed by atoms with Crippen molar-refractivity contribution in [3.63, 3.8) is 0 Å². The number of aromatic hydroxyl groups is 1. The Hall–Kier alpha value is -3.05. The molecule has 3 aromatic rings. The summed E-state index contributed by atoms with van der Waals surface area (Å²) in [5.41, 5.74) is -5.09. The summed E-state index contributed by atoms with van der Waals surface area (Å²) in [4.78, 5) is 24.8. The largest absolute Gasteiger partial charge is 0.507 e. The predicted octanol–water partition coefficient (Wildman–Crippen LogP) is 2.52. The summed E-state index contributed by atoms with van der Waals surface area (Å²) in [5, 5.41) is 13.1. The molecular weight excluding hydrogens is 609 g/mol. The van der Waals surface area contributed by atoms with Crippen LogP contribution < -0.4 is 20.7 Å². The van der Waals surface area contributed by atoms with Crippen LogP contribution in [0, 0.1) is 0 Å². The normalized spacial score (nSPS) is 14.9. The average Bonchev–Trinajstić information content (AvgIpc) is 3.52. The van der Waals surface area contributed by atoms with E-state index in [0.717, 1.165) is 30.5 Å². The molecule has 0 bridgehead atoms. The first-order valence-corrected chi connectivity index (χ1v) is 15.0. The number of nitrogens with zero attached hydrogens (tertiary/aromatic N) is 2. The number of phenols is 1. The molecule has 12 nitrogen and oxygen atoms in total. The lowest BCUT2D eigenvalue weighted by molar-refractivity contribution is 0.141. The summed E-state index contributed by atoms with van der Waals surface area (Å²) in [6.07, 6.45) is -1.71. The summed E-state index contributed by atoms with van der Waals surface area (Å²) < 4.78 is 83.9. The maximum atomic E-state index is 13.1. The van der Waals surface area contributed by atoms with Crippen LogP contribution in [-0.4, -0.2) is 54.3 Å². The molecule has 1 saturated carbocycles. The van der Waals surface area contributed by atoms with Gasteiger partial charge in [0.05, 0.1) is 21.5 Å². The number of hydrogen-bond donors (Lipinski definition) is 3. The molecule has 0 unspecified atom stereocenters. The molecule has 3 N–H and O–H groups in total. The van der Waals surface area contributed by atoms with Gasteiger partial charge >= 0.3 is 5.69 Å². The first-order chi connectivity index (χ1) is 18.0. The zero-order valence-corrected chi connectivity index (χ0v) is 22.8. The van der Waals surface area contributed by atoms with Crippen LogP contribution in [0.3, 0.4) is 0 Å². The molecule has 1 heterocycles. The Balaban J connectivity index is 1.66. The van der Waals surface area contributed by atoms with E-state index >= 15 is 0 Å². The maximum Gasteiger partial charge on any atom is 0.349 e. The van der Waals surface area contributed by atoms with E-state index in [0.29, 0.717) is 17.5 Å². The molecule has 1 aromatic heterocycles. The summed E-state index contributed by atoms with van der Waals surface area (Å²) in [6.45, 7) is 0. The monoisotopic (exact) mass is 626 g/mol. The van der Waals surface area contributed by atoms with Crippen molar-refractivity contribution < 1.29 is 35.5 Å². The number of benzene rings is 2. The standard InChI is InChI=1S/C21H18Cl2F2N4O8S2/c1-38(33,34)9-21(4-5-21)28-39(35,36)15-8-11(2-3-14(15)30)37-17-12(22)6-10(7-13(17)23)29-20(32)26-19(31)16(27-29)18(24)25/h2-3,6-8,18,28,30H,4-5,9H2,1H3,(H,26,31,32). The van der Waals surface area contributed by atoms with E-state index in [2.05, 4.69) is 9.82 Å². The van der Waals surface area contributed by atoms with Crippen molar-refractivity contribution in [2.45, 2.75) is 29.7 Å². The number of ether oxygens (including phenoxy) is 1. The molecule has 0 radical (unpaired) electrons. The first-order valence-electron chi connectivity index (χ1n) is 10.7. The van der Waals surface area contributed by atoms with E-state index in [1.807, 2.05) is 0 Å². The third-order valence-electron chi connectivity index (χ3n) is 5.47. The van der Waals surface area contributed by atoms with Gasteiger partial charge in [0.1, 0.15) is 26.2 Å². The van der Waals surface area contributed by atoms with Crippen LogP contribution in [0.5, 0.6) is 17.2 Å². The minimum absolute atomic E-state index is 0.156. The molecule has 0 atom stereocenters. The van der Waals surface area contributed by atoms with Gasteiger partial charge in [-0.1, -0.05) is 23.2 Å². The molecule has 0 saturated heterocycles. The minimum Gasteiger partial charge on any atom is -0.507 e. The highest BCUT2D eigenvalue weighted by atomic mass is 35.5. The number of H-pyrrole nitrogens is 1. The zero-order chi connectivity index (χ0) is 28.9. The Kier molecular flexibility index (Phi) is 7.54. The lowest BCUT2D eigenvalue weighted by atomic mass is 10.3. The fourth-order valence-corrected chi connectivity index (χ4v) is 7.24. The average molecular weight is 627 g/mol. The Morgan fingerprint density at radius 3 is 2.31 bits per heavy atom. The highest BCUT2D eigenvalue weighted by molar-refractivity contribution is 7.91. The predicted molar refractivity (Wildman–Crippen MR) is 136 cm³/mol. The SMILES string of the molecule is CS(=O)(=O)CC1(NS(=O)(=O)c2cc(Oc3c(Cl)cc(-n4nc(C(F)F)c(=O)[nH]c4=O)cc3Cl)ccc2O)CC1. The van der Waals surface area contributed by atoms with Gasteiger partial charge in [0.25, 0.3) is 12.0 Å². The Labute approximate surface area is 229 Å². The number of sulfonamides is 1. The molecular formula is C21H18Cl2F2N4O8S2. The van der Waals surface area contributed by atoms with Gasteiger partial charge in [0.2, 0.25) is 10.0 Å². The molecule has 1 aliphatic rings. The van der Waals surface area contributed by atoms with E-state index in [1.54, 1.807) is 4.98 Å². The number of aromatic nitrogens is 3. The van der Waals surface area contributed by atoms with Gasteiger partial charge in [0.15, 0.2) is 11.4 Å². The number of phenolic OH excluding ortho intramolecular Hbond substituents is 1. The van der Waals surface area contributed by atoms with Crippen molar-refractivity contribution in [3.8, 4) is 22.9 Å². The number of sulfone groups is 1. The topological polar surface area (TPSA) is 178 Å². The molecule has 4 rings (SSSR count). The van der Waals surface area contributed by atoms with Crippen molar-refractivity contribution in [1.29, 1.82) is 0 Å². The van der Waals surface area contributed by atoms with Crippen molar-refractivity contribution in [2.75, 3.05) is 12.0 Å². The van der Waals surface area contributed by atoms with E-state index in [9.17, 15) is 40.3 Å². The van der Waals surface area contributed by atoms with Crippen molar-refractivity contribution >= 4 is 43.1 Å². The molecule has 18 heteroatoms. The highest BCUT2D eigenvalue weighted by Gasteiger charge is 2.48. The molecule has 210 valence electrons. The Morgan fingerprint density at radius 1 is 1.15 bits per heavy atom. The van der Waals surface area contributed by atoms with Crippen molar-refractivity contribution in [1.82, 2.24) is 19.5 Å². The molecule has 0 aliphatic heterocycles. The van der Waals surface area contributed by atoms with Gasteiger partial charge < -0.3 is 9.84 Å². The fraction of sp³-hybridized carbons (Fsp3) is 0.286. The summed E-state index contributed by atoms with van der Waals surface area (Å²) in [6, 6.07) is 5.32. The number of halogens is 4. The number of nitrogens with one attached hydrogen (secondary N) is 2. The van der Waals surface area contributed by atoms with Crippen LogP contribution >= 0.6 is 23.2 Å². The van der Waals surface area contributed by atoms with Gasteiger partial charge in [-0.05, 0) is 37.1 Å². The lowest BCUT2D eigenvalue weighted by Gasteiger charge is -2.18. The lowest BCUT2D eigenvalue weighted by Crippen LogP contribution is -2.41. The van der Waals surface area contributed by atoms with Crippen LogP contribution in [0.1, 0.15) is 25.0 Å². The van der Waals surface area contributed by atoms with Gasteiger partial charge in [-0.15, -0.1) is 0 Å². The third kappa shape index (κ3) is 6.41. The molecule has 2 aromatic carbocycles. The fourth-order valence-electron chi connectivity index (χ4n) is 3.66. The minimum atomic E-state index is -4.40. The summed E-state index contributed by atoms with van der Waals surface area (Å²) >= 11 is 12.5. The van der Waals surface area contributed by atoms with E-state index in [-0.39, 0.29) is 27.2 Å². The second-order valence-electron chi connectivity index (χ2n) is 8.78. The second kappa shape index (κ2) is 10.2. The van der Waals surface area contributed by atoms with Crippen LogP contribution in [0.2, 0.25) is 10.0 Å². The number of alkyl halides is 2. The van der Waals surface area contributed by atoms with Gasteiger partial charge in [0, 0.05) is 17.9 Å². The highest BCUT2D eigenvalue weighted by Crippen LogP contribution is 2.41. The zero-order valence-electron chi connectivity index (χ0n) is 19.6. The molecule has 0 spiro atoms. The molecule has 1 fully saturated rings. The quantitative estimate of drug-likeness (QED) is 0.322. The van der Waals surface area contributed by atoms with Crippen molar-refractivity contribution in [3.05, 3.63) is 66.9 Å². The smallest absolute Gasteiger partial charge is 0.349 e. The van der Waals surface area contributed by atoms with Crippen molar-refractivity contribution in [2.24, 2.45) is 0 Å². The van der Waals surface area contributed by atoms with Gasteiger partial charge in [-0.25, -0.2) is 35.1 Å². The molecule has 1 aliphatic carbocycles. The van der Waals surface area contributed by atoms with Gasteiger partial charge in [-0.2, -0.15) is 9.78 Å². The van der Waals surface area contributed by atoms with Crippen LogP contribution in [0.25, 0.3) is 5.69 Å². The summed E-state index contributed by atoms with van der Waals surface area (Å²) in [5.74, 6) is -1.45. The number of aromatic amines is 1. The van der Waals surface area contributed by atoms with Crippen LogP contribution in [0.15, 0.2) is 44.8 Å².